The summed E-state index contributed by atoms with van der Waals surface area (Å²) in [5, 5.41) is 25.2. The number of rotatable bonds is 6. The maximum absolute atomic E-state index is 9.32. The van der Waals surface area contributed by atoms with E-state index in [9.17, 15) is 10.4 Å². The van der Waals surface area contributed by atoms with Crippen molar-refractivity contribution in [3.63, 3.8) is 0 Å². The van der Waals surface area contributed by atoms with Gasteiger partial charge in [0.1, 0.15) is 0 Å². The van der Waals surface area contributed by atoms with E-state index in [1.807, 2.05) is 48.4 Å². The number of aliphatic hydroxyl groups is 1. The largest absolute Gasteiger partial charge is 0.395 e. The van der Waals surface area contributed by atoms with Crippen molar-refractivity contribution in [3.8, 4) is 28.5 Å². The van der Waals surface area contributed by atoms with Gasteiger partial charge in [0.15, 0.2) is 0 Å². The van der Waals surface area contributed by atoms with Crippen LogP contribution >= 0.6 is 0 Å². The van der Waals surface area contributed by atoms with Crippen LogP contribution in [0.2, 0.25) is 0 Å². The number of aryl methyl sites for hydroxylation is 1. The minimum atomic E-state index is 0.229. The van der Waals surface area contributed by atoms with Gasteiger partial charge >= 0.3 is 0 Å². The number of aromatic nitrogens is 4. The Bertz CT molecular complexity index is 1600. The van der Waals surface area contributed by atoms with E-state index in [1.54, 1.807) is 0 Å². The molecule has 4 heterocycles. The van der Waals surface area contributed by atoms with Gasteiger partial charge in [-0.25, -0.2) is 0 Å². The van der Waals surface area contributed by atoms with Crippen LogP contribution in [0.25, 0.3) is 44.2 Å². The van der Waals surface area contributed by atoms with Crippen molar-refractivity contribution in [1.29, 1.82) is 5.26 Å². The van der Waals surface area contributed by atoms with Gasteiger partial charge in [-0.1, -0.05) is 18.2 Å². The van der Waals surface area contributed by atoms with Crippen molar-refractivity contribution in [2.24, 2.45) is 13.0 Å². The maximum atomic E-state index is 9.32. The first-order valence-corrected chi connectivity index (χ1v) is 12.9. The summed E-state index contributed by atoms with van der Waals surface area (Å²) in [5.41, 5.74) is 6.97. The van der Waals surface area contributed by atoms with Crippen molar-refractivity contribution < 1.29 is 5.11 Å². The number of hydrogen-bond donors (Lipinski definition) is 1. The molecule has 0 amide bonds. The average Bonchev–Trinajstić information content (AvgIpc) is 3.52. The second kappa shape index (κ2) is 9.81. The zero-order valence-corrected chi connectivity index (χ0v) is 21.0. The highest BCUT2D eigenvalue weighted by Gasteiger charge is 2.21. The van der Waals surface area contributed by atoms with Crippen molar-refractivity contribution in [2.45, 2.75) is 19.4 Å². The van der Waals surface area contributed by atoms with Crippen LogP contribution in [0, 0.1) is 17.2 Å². The van der Waals surface area contributed by atoms with Crippen LogP contribution in [0.1, 0.15) is 18.4 Å². The third-order valence-electron chi connectivity index (χ3n) is 7.73. The Morgan fingerprint density at radius 3 is 2.54 bits per heavy atom. The fourth-order valence-corrected chi connectivity index (χ4v) is 5.66. The molecule has 1 aliphatic heterocycles. The number of pyridine rings is 1. The van der Waals surface area contributed by atoms with Gasteiger partial charge in [0.2, 0.25) is 0 Å². The van der Waals surface area contributed by atoms with Gasteiger partial charge in [-0.05, 0) is 67.7 Å². The van der Waals surface area contributed by atoms with Gasteiger partial charge in [-0.15, -0.1) is 0 Å². The van der Waals surface area contributed by atoms with Crippen molar-refractivity contribution >= 4 is 21.8 Å². The summed E-state index contributed by atoms with van der Waals surface area (Å²) in [4.78, 5) is 7.37. The molecule has 0 radical (unpaired) electrons. The lowest BCUT2D eigenvalue weighted by Crippen LogP contribution is -2.36. The minimum Gasteiger partial charge on any atom is -0.395 e. The summed E-state index contributed by atoms with van der Waals surface area (Å²) in [7, 11) is 1.95. The summed E-state index contributed by atoms with van der Waals surface area (Å²) in [6.07, 6.45) is 8.36. The lowest BCUT2D eigenvalue weighted by Gasteiger charge is -2.31. The van der Waals surface area contributed by atoms with E-state index in [4.69, 9.17) is 4.98 Å². The number of aliphatic hydroxyl groups excluding tert-OH is 1. The Morgan fingerprint density at radius 2 is 1.78 bits per heavy atom. The number of likely N-dealkylation sites (tertiary alicyclic amines) is 1. The third kappa shape index (κ3) is 4.39. The molecule has 5 aromatic rings. The molecule has 6 rings (SSSR count). The number of benzene rings is 2. The second-order valence-corrected chi connectivity index (χ2v) is 9.99. The molecule has 0 aliphatic carbocycles. The molecule has 2 aromatic carbocycles. The van der Waals surface area contributed by atoms with Gasteiger partial charge in [0.05, 0.1) is 47.4 Å². The first-order valence-electron chi connectivity index (χ1n) is 12.9. The Morgan fingerprint density at radius 1 is 1.00 bits per heavy atom. The second-order valence-electron chi connectivity index (χ2n) is 9.99. The summed E-state index contributed by atoms with van der Waals surface area (Å²) in [6, 6.07) is 18.6. The number of piperidine rings is 1. The zero-order valence-electron chi connectivity index (χ0n) is 21.0. The van der Waals surface area contributed by atoms with Gasteiger partial charge in [-0.2, -0.15) is 10.4 Å². The number of β-amino-alcohol motifs (C(OH)–C–C–N with tert-alkyl or cyclic N) is 1. The summed E-state index contributed by atoms with van der Waals surface area (Å²) in [5.74, 6) is 0.608. The summed E-state index contributed by atoms with van der Waals surface area (Å²) >= 11 is 0. The average molecular weight is 491 g/mol. The van der Waals surface area contributed by atoms with Crippen LogP contribution in [0.15, 0.2) is 67.1 Å². The van der Waals surface area contributed by atoms with E-state index in [0.717, 1.165) is 77.8 Å². The predicted molar refractivity (Wildman–Crippen MR) is 146 cm³/mol. The van der Waals surface area contributed by atoms with E-state index < -0.39 is 0 Å². The molecule has 1 saturated heterocycles. The molecule has 7 nitrogen and oxygen atoms in total. The smallest absolute Gasteiger partial charge is 0.0991 e. The Hall–Kier alpha value is -3.99. The SMILES string of the molecule is Cn1ncc2cc(-c3ncc4c(ccn4CC4CCN(CCO)CC4)c3-c3ccc(C#N)cc3)ccc21. The third-order valence-corrected chi connectivity index (χ3v) is 7.73. The molecular weight excluding hydrogens is 460 g/mol. The van der Waals surface area contributed by atoms with Crippen molar-refractivity contribution in [2.75, 3.05) is 26.2 Å². The van der Waals surface area contributed by atoms with E-state index in [0.29, 0.717) is 11.5 Å². The topological polar surface area (TPSA) is 82.9 Å². The molecule has 37 heavy (non-hydrogen) atoms. The summed E-state index contributed by atoms with van der Waals surface area (Å²) < 4.78 is 4.22. The Kier molecular flexibility index (Phi) is 6.21. The highest BCUT2D eigenvalue weighted by Crippen LogP contribution is 2.38. The molecule has 1 aliphatic rings. The predicted octanol–water partition coefficient (Wildman–Crippen LogP) is 4.83. The fraction of sp³-hybridized carbons (Fsp3) is 0.300. The van der Waals surface area contributed by atoms with Crippen LogP contribution in [0.3, 0.4) is 0 Å². The first kappa shape index (κ1) is 23.4. The van der Waals surface area contributed by atoms with Crippen molar-refractivity contribution in [1.82, 2.24) is 24.2 Å². The van der Waals surface area contributed by atoms with Crippen LogP contribution in [0.5, 0.6) is 0 Å². The molecular formula is C30H30N6O. The first-order chi connectivity index (χ1) is 18.1. The molecule has 0 unspecified atom stereocenters. The molecule has 186 valence electrons. The highest BCUT2D eigenvalue weighted by molar-refractivity contribution is 6.02. The van der Waals surface area contributed by atoms with Gasteiger partial charge in [0, 0.05) is 48.2 Å². The number of fused-ring (bicyclic) bond motifs is 2. The maximum Gasteiger partial charge on any atom is 0.0991 e. The monoisotopic (exact) mass is 490 g/mol. The fourth-order valence-electron chi connectivity index (χ4n) is 5.66. The van der Waals surface area contributed by atoms with Crippen LogP contribution in [-0.2, 0) is 13.6 Å². The van der Waals surface area contributed by atoms with E-state index in [-0.39, 0.29) is 6.61 Å². The number of nitriles is 1. The molecule has 0 bridgehead atoms. The molecule has 0 saturated carbocycles. The lowest BCUT2D eigenvalue weighted by atomic mass is 9.95. The van der Waals surface area contributed by atoms with E-state index >= 15 is 0 Å². The van der Waals surface area contributed by atoms with Gasteiger partial charge in [0.25, 0.3) is 0 Å². The molecule has 1 fully saturated rings. The summed E-state index contributed by atoms with van der Waals surface area (Å²) in [6.45, 7) is 4.05. The zero-order chi connectivity index (χ0) is 25.4. The quantitative estimate of drug-likeness (QED) is 0.369. The number of hydrogen-bond acceptors (Lipinski definition) is 5. The molecule has 7 heteroatoms. The van der Waals surface area contributed by atoms with E-state index in [1.165, 1.54) is 5.39 Å². The highest BCUT2D eigenvalue weighted by atomic mass is 16.3. The minimum absolute atomic E-state index is 0.229. The number of nitrogens with zero attached hydrogens (tertiary/aromatic N) is 6. The normalized spacial score (nSPS) is 14.9. The standard InChI is InChI=1S/C30H30N6O/c1-34-27-7-6-24(16-25(27)18-33-34)30-29(23-4-2-21(17-31)3-5-23)26-10-13-36(28(26)19-32-30)20-22-8-11-35(12-9-22)14-15-37/h2-7,10,13,16,18-19,22,37H,8-9,11-12,14-15,20H2,1H3. The Balaban J connectivity index is 1.42. The van der Waals surface area contributed by atoms with Crippen LogP contribution in [0.4, 0.5) is 0 Å². The van der Waals surface area contributed by atoms with Crippen molar-refractivity contribution in [3.05, 3.63) is 72.7 Å². The van der Waals surface area contributed by atoms with Gasteiger partial charge < -0.3 is 14.6 Å². The molecule has 0 atom stereocenters. The molecule has 1 N–H and O–H groups in total. The molecule has 3 aromatic heterocycles. The lowest BCUT2D eigenvalue weighted by molar-refractivity contribution is 0.142. The Labute approximate surface area is 216 Å². The van der Waals surface area contributed by atoms with E-state index in [2.05, 4.69) is 51.1 Å². The van der Waals surface area contributed by atoms with Crippen LogP contribution < -0.4 is 0 Å². The van der Waals surface area contributed by atoms with Gasteiger partial charge in [-0.3, -0.25) is 9.67 Å². The molecule has 0 spiro atoms. The van der Waals surface area contributed by atoms with Crippen LogP contribution in [-0.4, -0.2) is 55.6 Å².